The van der Waals surface area contributed by atoms with Gasteiger partial charge in [0.2, 0.25) is 0 Å². The van der Waals surface area contributed by atoms with Gasteiger partial charge in [0.1, 0.15) is 0 Å². The zero-order valence-corrected chi connectivity index (χ0v) is 8.22. The summed E-state index contributed by atoms with van der Waals surface area (Å²) in [4.78, 5) is 3.98. The number of nitrogens with zero attached hydrogens (tertiary/aromatic N) is 1. The molecule has 66 valence electrons. The Morgan fingerprint density at radius 3 is 2.25 bits per heavy atom. The number of hydrogen-bond donors (Lipinski definition) is 0. The van der Waals surface area contributed by atoms with Crippen LogP contribution in [0.25, 0.3) is 6.08 Å². The molecule has 0 atom stereocenters. The predicted octanol–water partition coefficient (Wildman–Crippen LogP) is 3.19. The number of aromatic nitrogens is 1. The van der Waals surface area contributed by atoms with Gasteiger partial charge >= 0.3 is 0 Å². The fourth-order valence-corrected chi connectivity index (χ4v) is 0.497. The van der Waals surface area contributed by atoms with Crippen molar-refractivity contribution in [2.75, 3.05) is 11.8 Å². The van der Waals surface area contributed by atoms with Crippen LogP contribution in [0.2, 0.25) is 0 Å². The molecule has 0 aliphatic heterocycles. The summed E-state index contributed by atoms with van der Waals surface area (Å²) >= 11 is 10.1. The normalized spacial score (nSPS) is 8.17. The van der Waals surface area contributed by atoms with Gasteiger partial charge < -0.3 is 0 Å². The highest BCUT2D eigenvalue weighted by atomic mass is 35.5. The van der Waals surface area contributed by atoms with E-state index in [0.29, 0.717) is 11.8 Å². The summed E-state index contributed by atoms with van der Waals surface area (Å²) in [6.45, 7) is 3.57. The van der Waals surface area contributed by atoms with Crippen molar-refractivity contribution in [3.8, 4) is 0 Å². The minimum atomic E-state index is 0.557. The van der Waals surface area contributed by atoms with Gasteiger partial charge in [-0.3, -0.25) is 4.98 Å². The van der Waals surface area contributed by atoms with E-state index in [0.717, 1.165) is 5.69 Å². The highest BCUT2D eigenvalue weighted by Gasteiger charge is 1.77. The Morgan fingerprint density at radius 2 is 2.00 bits per heavy atom. The van der Waals surface area contributed by atoms with E-state index in [-0.39, 0.29) is 0 Å². The third-order valence-electron chi connectivity index (χ3n) is 0.968. The minimum Gasteiger partial charge on any atom is -0.257 e. The molecule has 1 rings (SSSR count). The molecule has 0 radical (unpaired) electrons. The summed E-state index contributed by atoms with van der Waals surface area (Å²) in [5, 5.41) is 0. The van der Waals surface area contributed by atoms with Crippen molar-refractivity contribution in [2.45, 2.75) is 0 Å². The van der Waals surface area contributed by atoms with E-state index >= 15 is 0 Å². The van der Waals surface area contributed by atoms with Crippen LogP contribution in [0.3, 0.4) is 0 Å². The van der Waals surface area contributed by atoms with E-state index in [1.165, 1.54) is 0 Å². The maximum absolute atomic E-state index is 5.05. The summed E-state index contributed by atoms with van der Waals surface area (Å²) in [7, 11) is 0. The lowest BCUT2D eigenvalue weighted by Crippen LogP contribution is -1.73. The Kier molecular flexibility index (Phi) is 8.19. The van der Waals surface area contributed by atoms with Gasteiger partial charge in [0, 0.05) is 18.0 Å². The van der Waals surface area contributed by atoms with Gasteiger partial charge in [0.05, 0.1) is 5.69 Å². The molecule has 0 saturated carbocycles. The van der Waals surface area contributed by atoms with Crippen LogP contribution >= 0.6 is 23.2 Å². The standard InChI is InChI=1S/C7H7N.C2H4Cl2/c1-2-7-5-3-4-6-8-7;3-1-2-4/h2-6H,1H2;1-2H2. The Balaban J connectivity index is 0.000000261. The number of hydrogen-bond acceptors (Lipinski definition) is 1. The van der Waals surface area contributed by atoms with E-state index in [2.05, 4.69) is 11.6 Å². The maximum Gasteiger partial charge on any atom is 0.0623 e. The van der Waals surface area contributed by atoms with Gasteiger partial charge in [-0.05, 0) is 18.2 Å². The van der Waals surface area contributed by atoms with E-state index in [9.17, 15) is 0 Å². The summed E-state index contributed by atoms with van der Waals surface area (Å²) in [5.41, 5.74) is 0.924. The van der Waals surface area contributed by atoms with Gasteiger partial charge in [-0.1, -0.05) is 12.6 Å². The van der Waals surface area contributed by atoms with Gasteiger partial charge in [-0.15, -0.1) is 23.2 Å². The van der Waals surface area contributed by atoms with Gasteiger partial charge in [-0.2, -0.15) is 0 Å². The van der Waals surface area contributed by atoms with Gasteiger partial charge in [0.25, 0.3) is 0 Å². The minimum absolute atomic E-state index is 0.557. The quantitative estimate of drug-likeness (QED) is 0.674. The number of pyridine rings is 1. The first-order valence-corrected chi connectivity index (χ1v) is 4.57. The van der Waals surface area contributed by atoms with E-state index < -0.39 is 0 Å². The summed E-state index contributed by atoms with van der Waals surface area (Å²) in [6, 6.07) is 5.73. The van der Waals surface area contributed by atoms with Crippen LogP contribution in [0.15, 0.2) is 31.0 Å². The Morgan fingerprint density at radius 1 is 1.33 bits per heavy atom. The number of alkyl halides is 2. The Labute approximate surface area is 83.0 Å². The second-order valence-corrected chi connectivity index (χ2v) is 2.59. The van der Waals surface area contributed by atoms with Crippen molar-refractivity contribution in [3.05, 3.63) is 36.7 Å². The zero-order valence-electron chi connectivity index (χ0n) is 6.71. The highest BCUT2D eigenvalue weighted by molar-refractivity contribution is 6.25. The lowest BCUT2D eigenvalue weighted by molar-refractivity contribution is 1.30. The van der Waals surface area contributed by atoms with Gasteiger partial charge in [-0.25, -0.2) is 0 Å². The lowest BCUT2D eigenvalue weighted by Gasteiger charge is -1.84. The van der Waals surface area contributed by atoms with E-state index in [1.807, 2.05) is 18.2 Å². The van der Waals surface area contributed by atoms with Crippen molar-refractivity contribution in [1.82, 2.24) is 4.98 Å². The lowest BCUT2D eigenvalue weighted by atomic mass is 10.4. The highest BCUT2D eigenvalue weighted by Crippen LogP contribution is 1.91. The Bertz CT molecular complexity index is 197. The summed E-state index contributed by atoms with van der Waals surface area (Å²) < 4.78 is 0. The molecular formula is C9H11Cl2N. The average Bonchev–Trinajstić information content (AvgIpc) is 2.19. The molecule has 0 N–H and O–H groups in total. The predicted molar refractivity (Wildman–Crippen MR) is 55.8 cm³/mol. The zero-order chi connectivity index (χ0) is 9.23. The molecule has 0 unspecified atom stereocenters. The largest absolute Gasteiger partial charge is 0.257 e. The van der Waals surface area contributed by atoms with Crippen LogP contribution in [0, 0.1) is 0 Å². The molecule has 0 saturated heterocycles. The van der Waals surface area contributed by atoms with Crippen LogP contribution in [-0.2, 0) is 0 Å². The molecule has 0 amide bonds. The molecule has 0 bridgehead atoms. The Hall–Kier alpha value is -0.530. The van der Waals surface area contributed by atoms with Crippen molar-refractivity contribution in [2.24, 2.45) is 0 Å². The fraction of sp³-hybridized carbons (Fsp3) is 0.222. The molecule has 1 aromatic rings. The molecule has 1 heterocycles. The topological polar surface area (TPSA) is 12.9 Å². The van der Waals surface area contributed by atoms with Crippen LogP contribution in [0.4, 0.5) is 0 Å². The maximum atomic E-state index is 5.05. The third-order valence-corrected chi connectivity index (χ3v) is 1.54. The molecule has 1 aromatic heterocycles. The summed E-state index contributed by atoms with van der Waals surface area (Å²) in [6.07, 6.45) is 3.47. The van der Waals surface area contributed by atoms with Crippen LogP contribution in [-0.4, -0.2) is 16.7 Å². The van der Waals surface area contributed by atoms with E-state index in [1.54, 1.807) is 12.3 Å². The van der Waals surface area contributed by atoms with Crippen LogP contribution in [0.1, 0.15) is 5.69 Å². The van der Waals surface area contributed by atoms with Crippen molar-refractivity contribution < 1.29 is 0 Å². The second-order valence-electron chi connectivity index (χ2n) is 1.84. The number of halogens is 2. The molecule has 0 aliphatic rings. The molecule has 0 aliphatic carbocycles. The van der Waals surface area contributed by atoms with Crippen LogP contribution < -0.4 is 0 Å². The first-order chi connectivity index (χ1) is 5.85. The van der Waals surface area contributed by atoms with Gasteiger partial charge in [0.15, 0.2) is 0 Å². The van der Waals surface area contributed by atoms with Crippen LogP contribution in [0.5, 0.6) is 0 Å². The number of rotatable bonds is 2. The molecule has 0 spiro atoms. The molecule has 0 aromatic carbocycles. The average molecular weight is 204 g/mol. The van der Waals surface area contributed by atoms with Crippen molar-refractivity contribution in [3.63, 3.8) is 0 Å². The molecular weight excluding hydrogens is 193 g/mol. The first kappa shape index (κ1) is 11.5. The fourth-order valence-electron chi connectivity index (χ4n) is 0.497. The van der Waals surface area contributed by atoms with E-state index in [4.69, 9.17) is 23.2 Å². The molecule has 0 fully saturated rings. The smallest absolute Gasteiger partial charge is 0.0623 e. The second kappa shape index (κ2) is 8.57. The summed E-state index contributed by atoms with van der Waals surface area (Å²) in [5.74, 6) is 1.11. The molecule has 3 heteroatoms. The molecule has 1 nitrogen and oxygen atoms in total. The first-order valence-electron chi connectivity index (χ1n) is 3.50. The monoisotopic (exact) mass is 203 g/mol. The van der Waals surface area contributed by atoms with Crippen molar-refractivity contribution in [1.29, 1.82) is 0 Å². The SMILES string of the molecule is C=Cc1ccccn1.ClCCCl. The molecule has 12 heavy (non-hydrogen) atoms. The third kappa shape index (κ3) is 6.20. The van der Waals surface area contributed by atoms with Crippen molar-refractivity contribution >= 4 is 29.3 Å².